The van der Waals surface area contributed by atoms with Gasteiger partial charge in [-0.05, 0) is 59.5 Å². The Bertz CT molecular complexity index is 1000. The maximum atomic E-state index is 12.3. The summed E-state index contributed by atoms with van der Waals surface area (Å²) in [6.07, 6.45) is 3.11. The predicted molar refractivity (Wildman–Crippen MR) is 107 cm³/mol. The van der Waals surface area contributed by atoms with Gasteiger partial charge in [0.05, 0.1) is 12.7 Å². The van der Waals surface area contributed by atoms with Crippen molar-refractivity contribution in [2.24, 2.45) is 0 Å². The van der Waals surface area contributed by atoms with Crippen molar-refractivity contribution in [2.75, 3.05) is 7.11 Å². The zero-order chi connectivity index (χ0) is 19.9. The number of ether oxygens (including phenoxy) is 2. The number of methoxy groups -OCH3 is 1. The predicted octanol–water partition coefficient (Wildman–Crippen LogP) is 4.65. The second-order valence-electron chi connectivity index (χ2n) is 5.70. The molecule has 1 aromatic heterocycles. The fourth-order valence-electron chi connectivity index (χ4n) is 2.36. The summed E-state index contributed by atoms with van der Waals surface area (Å²) < 4.78 is 9.91. The molecule has 140 valence electrons. The van der Waals surface area contributed by atoms with Gasteiger partial charge in [0.1, 0.15) is 10.6 Å². The number of allylic oxidation sites excluding steroid dienone is 1. The summed E-state index contributed by atoms with van der Waals surface area (Å²) in [5, 5.41) is 1.80. The van der Waals surface area contributed by atoms with Crippen molar-refractivity contribution < 1.29 is 23.9 Å². The van der Waals surface area contributed by atoms with Crippen molar-refractivity contribution >= 4 is 35.1 Å². The molecule has 0 aliphatic heterocycles. The van der Waals surface area contributed by atoms with Gasteiger partial charge in [0, 0.05) is 5.56 Å². The molecule has 0 bridgehead atoms. The summed E-state index contributed by atoms with van der Waals surface area (Å²) in [4.78, 5) is 36.1. The number of carbonyl (C=O) groups excluding carboxylic acids is 3. The number of ketones is 1. The van der Waals surface area contributed by atoms with Gasteiger partial charge in [-0.25, -0.2) is 9.59 Å². The minimum absolute atomic E-state index is 0.187. The highest BCUT2D eigenvalue weighted by molar-refractivity contribution is 7.12. The Balaban J connectivity index is 1.62. The topological polar surface area (TPSA) is 69.7 Å². The first-order valence-corrected chi connectivity index (χ1v) is 9.21. The average Bonchev–Trinajstić information content (AvgIpc) is 3.27. The molecule has 0 atom stereocenters. The van der Waals surface area contributed by atoms with Gasteiger partial charge in [-0.15, -0.1) is 11.3 Å². The van der Waals surface area contributed by atoms with E-state index in [1.165, 1.54) is 24.5 Å². The highest BCUT2D eigenvalue weighted by Crippen LogP contribution is 2.17. The van der Waals surface area contributed by atoms with Crippen LogP contribution in [-0.4, -0.2) is 24.8 Å². The number of hydrogen-bond donors (Lipinski definition) is 0. The van der Waals surface area contributed by atoms with Crippen LogP contribution in [0.2, 0.25) is 0 Å². The molecule has 0 radical (unpaired) electrons. The van der Waals surface area contributed by atoms with Crippen LogP contribution in [0.25, 0.3) is 6.08 Å². The number of benzene rings is 2. The summed E-state index contributed by atoms with van der Waals surface area (Å²) in [5.41, 5.74) is 1.69. The monoisotopic (exact) mass is 392 g/mol. The Morgan fingerprint density at radius 1 is 0.857 bits per heavy atom. The Morgan fingerprint density at radius 3 is 2.14 bits per heavy atom. The lowest BCUT2D eigenvalue weighted by Gasteiger charge is -2.03. The van der Waals surface area contributed by atoms with Crippen LogP contribution in [0.4, 0.5) is 0 Å². The molecule has 0 aliphatic rings. The van der Waals surface area contributed by atoms with E-state index >= 15 is 0 Å². The third-order valence-electron chi connectivity index (χ3n) is 3.83. The van der Waals surface area contributed by atoms with Gasteiger partial charge in [0.15, 0.2) is 5.78 Å². The molecule has 0 saturated carbocycles. The van der Waals surface area contributed by atoms with Crippen LogP contribution in [0, 0.1) is 0 Å². The van der Waals surface area contributed by atoms with Gasteiger partial charge in [0.2, 0.25) is 0 Å². The first-order valence-electron chi connectivity index (χ1n) is 8.33. The molecular formula is C22H16O5S. The summed E-state index contributed by atoms with van der Waals surface area (Å²) in [7, 11) is 1.32. The van der Waals surface area contributed by atoms with E-state index in [9.17, 15) is 14.4 Å². The van der Waals surface area contributed by atoms with Gasteiger partial charge >= 0.3 is 11.9 Å². The summed E-state index contributed by atoms with van der Waals surface area (Å²) in [6, 6.07) is 16.5. The van der Waals surface area contributed by atoms with E-state index in [0.717, 1.165) is 5.56 Å². The normalized spacial score (nSPS) is 10.6. The van der Waals surface area contributed by atoms with Crippen molar-refractivity contribution in [3.8, 4) is 5.75 Å². The molecule has 28 heavy (non-hydrogen) atoms. The Morgan fingerprint density at radius 2 is 1.54 bits per heavy atom. The van der Waals surface area contributed by atoms with Gasteiger partial charge in [-0.2, -0.15) is 0 Å². The van der Waals surface area contributed by atoms with E-state index in [0.29, 0.717) is 21.8 Å². The Kier molecular flexibility index (Phi) is 6.14. The molecule has 0 fully saturated rings. The van der Waals surface area contributed by atoms with Crippen molar-refractivity contribution in [1.29, 1.82) is 0 Å². The van der Waals surface area contributed by atoms with Crippen LogP contribution >= 0.6 is 11.3 Å². The van der Waals surface area contributed by atoms with Crippen LogP contribution in [0.5, 0.6) is 5.75 Å². The lowest BCUT2D eigenvalue weighted by molar-refractivity contribution is 0.0600. The lowest BCUT2D eigenvalue weighted by Crippen LogP contribution is -2.06. The van der Waals surface area contributed by atoms with E-state index in [-0.39, 0.29) is 5.78 Å². The largest absolute Gasteiger partial charge is 0.465 e. The second-order valence-corrected chi connectivity index (χ2v) is 6.65. The maximum absolute atomic E-state index is 12.3. The maximum Gasteiger partial charge on any atom is 0.353 e. The molecule has 0 spiro atoms. The second kappa shape index (κ2) is 8.92. The zero-order valence-electron chi connectivity index (χ0n) is 15.0. The Hall–Kier alpha value is -3.51. The minimum atomic E-state index is -0.427. The van der Waals surface area contributed by atoms with Crippen LogP contribution < -0.4 is 4.74 Å². The van der Waals surface area contributed by atoms with Gasteiger partial charge < -0.3 is 9.47 Å². The number of carbonyl (C=O) groups is 3. The summed E-state index contributed by atoms with van der Waals surface area (Å²) >= 11 is 1.30. The molecule has 6 heteroatoms. The molecule has 0 unspecified atom stereocenters. The highest BCUT2D eigenvalue weighted by Gasteiger charge is 2.10. The standard InChI is InChI=1S/C22H16O5S/c1-26-21(24)17-7-4-15(5-8-17)6-13-19(23)16-9-11-18(12-10-16)27-22(25)20-3-2-14-28-20/h2-14H,1H3/b13-6+. The molecule has 5 nitrogen and oxygen atoms in total. The summed E-state index contributed by atoms with van der Waals surface area (Å²) in [5.74, 6) is -0.652. The fourth-order valence-corrected chi connectivity index (χ4v) is 2.95. The van der Waals surface area contributed by atoms with Gasteiger partial charge in [0.25, 0.3) is 0 Å². The molecule has 2 aromatic carbocycles. The third kappa shape index (κ3) is 4.81. The van der Waals surface area contributed by atoms with Crippen LogP contribution in [0.1, 0.15) is 36.0 Å². The molecule has 0 aliphatic carbocycles. The van der Waals surface area contributed by atoms with E-state index in [1.807, 2.05) is 0 Å². The highest BCUT2D eigenvalue weighted by atomic mass is 32.1. The van der Waals surface area contributed by atoms with E-state index < -0.39 is 11.9 Å². The molecule has 0 saturated heterocycles. The fraction of sp³-hybridized carbons (Fsp3) is 0.0455. The quantitative estimate of drug-likeness (QED) is 0.264. The third-order valence-corrected chi connectivity index (χ3v) is 4.68. The lowest BCUT2D eigenvalue weighted by atomic mass is 10.1. The first-order chi connectivity index (χ1) is 13.6. The van der Waals surface area contributed by atoms with E-state index in [1.54, 1.807) is 72.1 Å². The molecule has 0 amide bonds. The molecule has 3 aromatic rings. The van der Waals surface area contributed by atoms with Crippen molar-refractivity contribution in [1.82, 2.24) is 0 Å². The molecule has 3 rings (SSSR count). The van der Waals surface area contributed by atoms with Crippen molar-refractivity contribution in [3.63, 3.8) is 0 Å². The SMILES string of the molecule is COC(=O)c1ccc(/C=C/C(=O)c2ccc(OC(=O)c3cccs3)cc2)cc1. The number of hydrogen-bond acceptors (Lipinski definition) is 6. The smallest absolute Gasteiger partial charge is 0.353 e. The van der Waals surface area contributed by atoms with Crippen molar-refractivity contribution in [2.45, 2.75) is 0 Å². The summed E-state index contributed by atoms with van der Waals surface area (Å²) in [6.45, 7) is 0. The number of esters is 2. The van der Waals surface area contributed by atoms with Crippen molar-refractivity contribution in [3.05, 3.63) is 93.7 Å². The van der Waals surface area contributed by atoms with Gasteiger partial charge in [-0.3, -0.25) is 4.79 Å². The van der Waals surface area contributed by atoms with E-state index in [2.05, 4.69) is 4.74 Å². The zero-order valence-corrected chi connectivity index (χ0v) is 15.8. The Labute approximate surface area is 165 Å². The molecule has 1 heterocycles. The average molecular weight is 392 g/mol. The van der Waals surface area contributed by atoms with Gasteiger partial charge in [-0.1, -0.05) is 24.3 Å². The van der Waals surface area contributed by atoms with Crippen LogP contribution in [-0.2, 0) is 4.74 Å². The minimum Gasteiger partial charge on any atom is -0.465 e. The number of rotatable bonds is 6. The number of thiophene rings is 1. The van der Waals surface area contributed by atoms with E-state index in [4.69, 9.17) is 4.74 Å². The van der Waals surface area contributed by atoms with Crippen LogP contribution in [0.3, 0.4) is 0 Å². The van der Waals surface area contributed by atoms with Crippen LogP contribution in [0.15, 0.2) is 72.1 Å². The molecule has 0 N–H and O–H groups in total. The molecular weight excluding hydrogens is 376 g/mol. The first kappa shape index (κ1) is 19.3.